The van der Waals surface area contributed by atoms with Crippen LogP contribution in [-0.2, 0) is 0 Å². The highest BCUT2D eigenvalue weighted by molar-refractivity contribution is 7.80. The molecule has 0 unspecified atom stereocenters. The zero-order valence-corrected chi connectivity index (χ0v) is 16.9. The van der Waals surface area contributed by atoms with Crippen LogP contribution < -0.4 is 20.1 Å². The fourth-order valence-corrected chi connectivity index (χ4v) is 3.53. The quantitative estimate of drug-likeness (QED) is 0.701. The van der Waals surface area contributed by atoms with Crippen LogP contribution in [0.5, 0.6) is 11.5 Å². The Labute approximate surface area is 164 Å². The second kappa shape index (κ2) is 7.33. The smallest absolute Gasteiger partial charge is 0.171 e. The van der Waals surface area contributed by atoms with Gasteiger partial charge in [-0.15, -0.1) is 0 Å². The highest BCUT2D eigenvalue weighted by atomic mass is 35.5. The Bertz CT molecular complexity index is 839. The van der Waals surface area contributed by atoms with Gasteiger partial charge < -0.3 is 20.1 Å². The van der Waals surface area contributed by atoms with Gasteiger partial charge in [0.1, 0.15) is 17.1 Å². The van der Waals surface area contributed by atoms with Crippen molar-refractivity contribution in [1.29, 1.82) is 0 Å². The van der Waals surface area contributed by atoms with Gasteiger partial charge in [-0.25, -0.2) is 0 Å². The van der Waals surface area contributed by atoms with E-state index in [9.17, 15) is 0 Å². The molecule has 138 valence electrons. The van der Waals surface area contributed by atoms with Gasteiger partial charge >= 0.3 is 0 Å². The summed E-state index contributed by atoms with van der Waals surface area (Å²) in [5, 5.41) is 7.87. The van der Waals surface area contributed by atoms with Crippen molar-refractivity contribution in [3.05, 3.63) is 52.5 Å². The minimum Gasteiger partial charge on any atom is -0.497 e. The molecule has 2 aromatic rings. The van der Waals surface area contributed by atoms with Gasteiger partial charge in [0.2, 0.25) is 0 Å². The van der Waals surface area contributed by atoms with Crippen LogP contribution >= 0.6 is 23.8 Å². The molecule has 0 amide bonds. The van der Waals surface area contributed by atoms with E-state index in [4.69, 9.17) is 33.3 Å². The molecular formula is C20H23ClN2O2S. The summed E-state index contributed by atoms with van der Waals surface area (Å²) in [4.78, 5) is 0. The molecule has 0 saturated carbocycles. The number of thiocarbonyl (C=S) groups is 1. The third kappa shape index (κ3) is 4.22. The van der Waals surface area contributed by atoms with E-state index in [0.29, 0.717) is 10.1 Å². The maximum absolute atomic E-state index is 6.19. The fourth-order valence-electron chi connectivity index (χ4n) is 3.08. The van der Waals surface area contributed by atoms with Crippen molar-refractivity contribution in [3.63, 3.8) is 0 Å². The lowest BCUT2D eigenvalue weighted by atomic mass is 9.89. The normalized spacial score (nSPS) is 17.7. The van der Waals surface area contributed by atoms with Crippen molar-refractivity contribution in [1.82, 2.24) is 5.32 Å². The molecule has 0 saturated heterocycles. The van der Waals surface area contributed by atoms with Crippen LogP contribution in [0.1, 0.15) is 37.4 Å². The van der Waals surface area contributed by atoms with E-state index in [2.05, 4.69) is 24.5 Å². The summed E-state index contributed by atoms with van der Waals surface area (Å²) in [5.41, 5.74) is 2.63. The number of halogens is 1. The summed E-state index contributed by atoms with van der Waals surface area (Å²) in [6.45, 7) is 6.12. The summed E-state index contributed by atoms with van der Waals surface area (Å²) in [6.07, 6.45) is 0.781. The van der Waals surface area contributed by atoms with Gasteiger partial charge in [0.25, 0.3) is 0 Å². The number of nitrogens with one attached hydrogen (secondary N) is 2. The molecule has 6 heteroatoms. The lowest BCUT2D eigenvalue weighted by Gasteiger charge is -2.38. The Morgan fingerprint density at radius 2 is 2.04 bits per heavy atom. The Morgan fingerprint density at radius 3 is 2.73 bits per heavy atom. The van der Waals surface area contributed by atoms with Gasteiger partial charge in [-0.2, -0.15) is 0 Å². The van der Waals surface area contributed by atoms with Gasteiger partial charge in [0.15, 0.2) is 5.11 Å². The molecule has 1 heterocycles. The number of hydrogen-bond donors (Lipinski definition) is 2. The third-order valence-corrected chi connectivity index (χ3v) is 5.04. The molecule has 0 aliphatic carbocycles. The summed E-state index contributed by atoms with van der Waals surface area (Å²) in [5.74, 6) is 1.64. The number of fused-ring (bicyclic) bond motifs is 1. The standard InChI is InChI=1S/C20H23ClN2O2S/c1-12-5-6-13(9-16(12)21)22-19(26)23-17-11-20(2,3)25-18-8-7-14(24-4)10-15(17)18/h5-10,17H,11H2,1-4H3,(H2,22,23,26)/t17-/m0/s1. The number of ether oxygens (including phenoxy) is 2. The van der Waals surface area contributed by atoms with Gasteiger partial charge in [-0.1, -0.05) is 17.7 Å². The monoisotopic (exact) mass is 390 g/mol. The van der Waals surface area contributed by atoms with Crippen LogP contribution in [0.4, 0.5) is 5.69 Å². The first-order valence-electron chi connectivity index (χ1n) is 8.48. The molecule has 1 atom stereocenters. The van der Waals surface area contributed by atoms with E-state index in [0.717, 1.165) is 34.7 Å². The molecule has 0 aromatic heterocycles. The average molecular weight is 391 g/mol. The number of aryl methyl sites for hydroxylation is 1. The highest BCUT2D eigenvalue weighted by Gasteiger charge is 2.34. The molecule has 0 spiro atoms. The number of benzene rings is 2. The van der Waals surface area contributed by atoms with Crippen molar-refractivity contribution < 1.29 is 9.47 Å². The van der Waals surface area contributed by atoms with Crippen LogP contribution in [0.3, 0.4) is 0 Å². The first-order valence-corrected chi connectivity index (χ1v) is 9.27. The SMILES string of the molecule is COc1ccc2c(c1)[C@@H](NC(=S)Nc1ccc(C)c(Cl)c1)CC(C)(C)O2. The lowest BCUT2D eigenvalue weighted by molar-refractivity contribution is 0.0695. The van der Waals surface area contributed by atoms with Crippen LogP contribution in [0.15, 0.2) is 36.4 Å². The molecule has 0 fully saturated rings. The Hall–Kier alpha value is -1.98. The van der Waals surface area contributed by atoms with Crippen LogP contribution in [0.2, 0.25) is 5.02 Å². The Morgan fingerprint density at radius 1 is 1.27 bits per heavy atom. The molecule has 4 nitrogen and oxygen atoms in total. The Kier molecular flexibility index (Phi) is 5.30. The maximum Gasteiger partial charge on any atom is 0.171 e. The summed E-state index contributed by atoms with van der Waals surface area (Å²) >= 11 is 11.7. The topological polar surface area (TPSA) is 42.5 Å². The van der Waals surface area contributed by atoms with E-state index in [-0.39, 0.29) is 11.6 Å². The molecule has 0 radical (unpaired) electrons. The number of rotatable bonds is 3. The minimum absolute atomic E-state index is 0.0183. The molecule has 1 aliphatic rings. The van der Waals surface area contributed by atoms with E-state index in [1.165, 1.54) is 0 Å². The number of methoxy groups -OCH3 is 1. The average Bonchev–Trinajstić information content (AvgIpc) is 2.57. The number of anilines is 1. The minimum atomic E-state index is -0.290. The largest absolute Gasteiger partial charge is 0.497 e. The van der Waals surface area contributed by atoms with Crippen molar-refractivity contribution in [3.8, 4) is 11.5 Å². The predicted octanol–water partition coefficient (Wildman–Crippen LogP) is 5.25. The first-order chi connectivity index (χ1) is 12.3. The molecular weight excluding hydrogens is 368 g/mol. The van der Waals surface area contributed by atoms with Crippen LogP contribution in [-0.4, -0.2) is 17.8 Å². The van der Waals surface area contributed by atoms with Crippen molar-refractivity contribution in [2.45, 2.75) is 38.8 Å². The van der Waals surface area contributed by atoms with Gasteiger partial charge in [-0.3, -0.25) is 0 Å². The summed E-state index contributed by atoms with van der Waals surface area (Å²) in [7, 11) is 1.66. The van der Waals surface area contributed by atoms with E-state index < -0.39 is 0 Å². The van der Waals surface area contributed by atoms with E-state index >= 15 is 0 Å². The fraction of sp³-hybridized carbons (Fsp3) is 0.350. The summed E-state index contributed by atoms with van der Waals surface area (Å²) < 4.78 is 11.5. The highest BCUT2D eigenvalue weighted by Crippen LogP contribution is 2.41. The van der Waals surface area contributed by atoms with Gasteiger partial charge in [0.05, 0.1) is 13.2 Å². The van der Waals surface area contributed by atoms with Crippen molar-refractivity contribution in [2.75, 3.05) is 12.4 Å². The number of hydrogen-bond acceptors (Lipinski definition) is 3. The third-order valence-electron chi connectivity index (χ3n) is 4.41. The van der Waals surface area contributed by atoms with Crippen LogP contribution in [0, 0.1) is 6.92 Å². The van der Waals surface area contributed by atoms with Gasteiger partial charge in [0, 0.05) is 22.7 Å². The van der Waals surface area contributed by atoms with Crippen molar-refractivity contribution >= 4 is 34.6 Å². The van der Waals surface area contributed by atoms with Crippen molar-refractivity contribution in [2.24, 2.45) is 0 Å². The molecule has 3 rings (SSSR count). The summed E-state index contributed by atoms with van der Waals surface area (Å²) in [6, 6.07) is 11.7. The molecule has 0 bridgehead atoms. The van der Waals surface area contributed by atoms with Crippen LogP contribution in [0.25, 0.3) is 0 Å². The van der Waals surface area contributed by atoms with E-state index in [1.807, 2.05) is 43.3 Å². The predicted molar refractivity (Wildman–Crippen MR) is 111 cm³/mol. The van der Waals surface area contributed by atoms with Gasteiger partial charge in [-0.05, 0) is 68.9 Å². The van der Waals surface area contributed by atoms with E-state index in [1.54, 1.807) is 7.11 Å². The molecule has 2 aromatic carbocycles. The molecule has 1 aliphatic heterocycles. The first kappa shape index (κ1) is 18.8. The zero-order valence-electron chi connectivity index (χ0n) is 15.4. The lowest BCUT2D eigenvalue weighted by Crippen LogP contribution is -2.42. The Balaban J connectivity index is 1.79. The zero-order chi connectivity index (χ0) is 18.9. The second-order valence-electron chi connectivity index (χ2n) is 7.08. The maximum atomic E-state index is 6.19. The molecule has 26 heavy (non-hydrogen) atoms. The molecule has 2 N–H and O–H groups in total. The second-order valence-corrected chi connectivity index (χ2v) is 7.90.